The molecule has 2 aliphatic carbocycles. The molecule has 0 aliphatic heterocycles. The highest BCUT2D eigenvalue weighted by atomic mass is 16.5. The van der Waals surface area contributed by atoms with Crippen LogP contribution in [-0.4, -0.2) is 20.7 Å². The minimum Gasteiger partial charge on any atom is -0.486 e. The molecule has 2 aromatic carbocycles. The zero-order valence-corrected chi connectivity index (χ0v) is 21.4. The molecule has 0 amide bonds. The third kappa shape index (κ3) is 4.99. The van der Waals surface area contributed by atoms with E-state index in [1.54, 1.807) is 0 Å². The fourth-order valence-corrected chi connectivity index (χ4v) is 6.82. The average Bonchev–Trinajstić information content (AvgIpc) is 2.83. The van der Waals surface area contributed by atoms with Crippen LogP contribution in [0, 0.1) is 19.8 Å². The molecule has 4 nitrogen and oxygen atoms in total. The highest BCUT2D eigenvalue weighted by molar-refractivity contribution is 5.45. The fourth-order valence-electron chi connectivity index (χ4n) is 6.82. The topological polar surface area (TPSA) is 55.2 Å². The number of aromatic nitrogens is 2. The third-order valence-corrected chi connectivity index (χ3v) is 8.29. The molecular weight excluding hydrogens is 432 g/mol. The minimum atomic E-state index is -0.508. The van der Waals surface area contributed by atoms with Crippen molar-refractivity contribution in [1.82, 2.24) is 9.97 Å². The van der Waals surface area contributed by atoms with Crippen LogP contribution in [0.3, 0.4) is 0 Å². The van der Waals surface area contributed by atoms with Crippen LogP contribution in [0.2, 0.25) is 0 Å². The number of aliphatic hydroxyl groups is 1. The molecule has 1 aromatic heterocycles. The lowest BCUT2D eigenvalue weighted by atomic mass is 9.52. The first kappa shape index (κ1) is 24.0. The Morgan fingerprint density at radius 3 is 2.51 bits per heavy atom. The summed E-state index contributed by atoms with van der Waals surface area (Å²) in [7, 11) is 0. The van der Waals surface area contributed by atoms with Crippen LogP contribution in [0.25, 0.3) is 0 Å². The van der Waals surface area contributed by atoms with E-state index in [2.05, 4.69) is 65.4 Å². The van der Waals surface area contributed by atoms with Crippen molar-refractivity contribution in [1.29, 1.82) is 0 Å². The van der Waals surface area contributed by atoms with E-state index in [1.807, 2.05) is 19.9 Å². The Morgan fingerprint density at radius 2 is 1.77 bits per heavy atom. The molecule has 35 heavy (non-hydrogen) atoms. The second-order valence-electron chi connectivity index (χ2n) is 10.9. The molecule has 184 valence electrons. The number of hydrogen-bond donors (Lipinski definition) is 1. The Labute approximate surface area is 209 Å². The summed E-state index contributed by atoms with van der Waals surface area (Å²) in [6, 6.07) is 19.6. The maximum absolute atomic E-state index is 11.4. The van der Waals surface area contributed by atoms with Crippen molar-refractivity contribution in [3.63, 3.8) is 0 Å². The first-order chi connectivity index (χ1) is 16.9. The lowest BCUT2D eigenvalue weighted by Crippen LogP contribution is -2.51. The summed E-state index contributed by atoms with van der Waals surface area (Å²) in [6.07, 6.45) is 7.96. The molecule has 5 rings (SSSR count). The van der Waals surface area contributed by atoms with Gasteiger partial charge in [-0.1, -0.05) is 49.7 Å². The Hall–Kier alpha value is -2.72. The van der Waals surface area contributed by atoms with Crippen molar-refractivity contribution in [2.24, 2.45) is 5.92 Å². The Morgan fingerprint density at radius 1 is 1.00 bits per heavy atom. The molecule has 1 N–H and O–H groups in total. The second kappa shape index (κ2) is 9.73. The van der Waals surface area contributed by atoms with Gasteiger partial charge in [-0.05, 0) is 99.6 Å². The summed E-state index contributed by atoms with van der Waals surface area (Å²) in [5.41, 5.74) is 5.75. The third-order valence-electron chi connectivity index (χ3n) is 8.29. The van der Waals surface area contributed by atoms with E-state index < -0.39 is 5.60 Å². The molecule has 0 spiro atoms. The summed E-state index contributed by atoms with van der Waals surface area (Å²) in [5.74, 6) is 2.11. The van der Waals surface area contributed by atoms with Crippen LogP contribution < -0.4 is 4.74 Å². The normalized spacial score (nSPS) is 25.5. The van der Waals surface area contributed by atoms with Crippen molar-refractivity contribution < 1.29 is 9.84 Å². The van der Waals surface area contributed by atoms with Gasteiger partial charge in [0.05, 0.1) is 5.60 Å². The van der Waals surface area contributed by atoms with E-state index in [4.69, 9.17) is 4.74 Å². The summed E-state index contributed by atoms with van der Waals surface area (Å²) in [5, 5.41) is 11.4. The van der Waals surface area contributed by atoms with Gasteiger partial charge in [-0.3, -0.25) is 0 Å². The van der Waals surface area contributed by atoms with Gasteiger partial charge in [-0.25, -0.2) is 9.97 Å². The number of aryl methyl sites for hydroxylation is 3. The van der Waals surface area contributed by atoms with Crippen LogP contribution in [0.5, 0.6) is 5.75 Å². The quantitative estimate of drug-likeness (QED) is 0.432. The molecule has 0 unspecified atom stereocenters. The van der Waals surface area contributed by atoms with E-state index >= 15 is 0 Å². The predicted octanol–water partition coefficient (Wildman–Crippen LogP) is 6.43. The van der Waals surface area contributed by atoms with Crippen molar-refractivity contribution >= 4 is 0 Å². The van der Waals surface area contributed by atoms with E-state index in [0.717, 1.165) is 74.3 Å². The number of ether oxygens (including phenoxy) is 1. The smallest absolute Gasteiger partial charge is 0.166 e. The van der Waals surface area contributed by atoms with Crippen molar-refractivity contribution in [2.75, 3.05) is 0 Å². The SMILES string of the molecule is CCC[C@@]1(O)CC[C@@]2(Cc3ccccc3)c3ccc(OCc4nc(C)cc(C)n4)cc3CC[C@@H]2C1. The van der Waals surface area contributed by atoms with Crippen molar-refractivity contribution in [3.8, 4) is 5.75 Å². The van der Waals surface area contributed by atoms with Gasteiger partial charge in [0.1, 0.15) is 12.4 Å². The van der Waals surface area contributed by atoms with Gasteiger partial charge in [-0.15, -0.1) is 0 Å². The van der Waals surface area contributed by atoms with Crippen LogP contribution in [0.15, 0.2) is 54.6 Å². The van der Waals surface area contributed by atoms with Crippen LogP contribution in [-0.2, 0) is 24.9 Å². The van der Waals surface area contributed by atoms with Crippen LogP contribution in [0.1, 0.15) is 79.4 Å². The lowest BCUT2D eigenvalue weighted by Gasteiger charge is -2.53. The molecule has 3 aromatic rings. The molecule has 0 radical (unpaired) electrons. The monoisotopic (exact) mass is 470 g/mol. The first-order valence-corrected chi connectivity index (χ1v) is 13.2. The van der Waals surface area contributed by atoms with E-state index in [0.29, 0.717) is 12.5 Å². The highest BCUT2D eigenvalue weighted by Gasteiger charge is 2.51. The van der Waals surface area contributed by atoms with Gasteiger partial charge in [-0.2, -0.15) is 0 Å². The van der Waals surface area contributed by atoms with Gasteiger partial charge in [0.25, 0.3) is 0 Å². The summed E-state index contributed by atoms with van der Waals surface area (Å²) in [4.78, 5) is 9.03. The largest absolute Gasteiger partial charge is 0.486 e. The molecule has 2 aliphatic rings. The Bertz CT molecular complexity index is 1160. The standard InChI is InChI=1S/C31H38N2O2/c1-4-14-30(34)15-16-31(19-24-8-6-5-7-9-24)26(20-30)11-10-25-18-27(12-13-28(25)31)35-21-29-32-22(2)17-23(3)33-29/h5-9,12-13,17-18,26,34H,4,10-11,14-16,19-21H2,1-3H3/t26-,30-,31+/m1/s1. The van der Waals surface area contributed by atoms with Gasteiger partial charge in [0.2, 0.25) is 0 Å². The van der Waals surface area contributed by atoms with Crippen molar-refractivity contribution in [3.05, 3.63) is 88.5 Å². The molecule has 0 bridgehead atoms. The molecule has 1 saturated carbocycles. The van der Waals surface area contributed by atoms with Gasteiger partial charge >= 0.3 is 0 Å². The second-order valence-corrected chi connectivity index (χ2v) is 10.9. The van der Waals surface area contributed by atoms with Crippen molar-refractivity contribution in [2.45, 2.75) is 89.8 Å². The van der Waals surface area contributed by atoms with E-state index in [1.165, 1.54) is 16.7 Å². The predicted molar refractivity (Wildman–Crippen MR) is 140 cm³/mol. The van der Waals surface area contributed by atoms with Gasteiger partial charge < -0.3 is 9.84 Å². The average molecular weight is 471 g/mol. The number of rotatable bonds is 7. The Kier molecular flexibility index (Phi) is 6.67. The Balaban J connectivity index is 1.44. The lowest BCUT2D eigenvalue weighted by molar-refractivity contribution is -0.0565. The molecule has 1 heterocycles. The zero-order chi connectivity index (χ0) is 24.5. The summed E-state index contributed by atoms with van der Waals surface area (Å²) in [6.45, 7) is 6.55. The molecular formula is C31H38N2O2. The highest BCUT2D eigenvalue weighted by Crippen LogP contribution is 2.55. The van der Waals surface area contributed by atoms with Gasteiger partial charge in [0, 0.05) is 16.8 Å². The molecule has 1 fully saturated rings. The maximum atomic E-state index is 11.4. The minimum absolute atomic E-state index is 0.0736. The number of nitrogens with zero attached hydrogens (tertiary/aromatic N) is 2. The number of hydrogen-bond acceptors (Lipinski definition) is 4. The van der Waals surface area contributed by atoms with Crippen LogP contribution >= 0.6 is 0 Å². The number of fused-ring (bicyclic) bond motifs is 3. The molecule has 3 atom stereocenters. The van der Waals surface area contributed by atoms with Crippen LogP contribution in [0.4, 0.5) is 0 Å². The summed E-state index contributed by atoms with van der Waals surface area (Å²) < 4.78 is 6.16. The fraction of sp³-hybridized carbons (Fsp3) is 0.484. The van der Waals surface area contributed by atoms with E-state index in [9.17, 15) is 5.11 Å². The van der Waals surface area contributed by atoms with Gasteiger partial charge in [0.15, 0.2) is 5.82 Å². The van der Waals surface area contributed by atoms with E-state index in [-0.39, 0.29) is 5.41 Å². The maximum Gasteiger partial charge on any atom is 0.166 e. The molecule has 4 heteroatoms. The first-order valence-electron chi connectivity index (χ1n) is 13.2. The summed E-state index contributed by atoms with van der Waals surface area (Å²) >= 11 is 0. The zero-order valence-electron chi connectivity index (χ0n) is 21.4. The molecule has 0 saturated heterocycles. The number of benzene rings is 2.